The molecule has 2 atom stereocenters. The van der Waals surface area contributed by atoms with Crippen molar-refractivity contribution in [2.24, 2.45) is 0 Å². The highest BCUT2D eigenvalue weighted by molar-refractivity contribution is 5.82. The number of amides is 1. The van der Waals surface area contributed by atoms with Crippen LogP contribution in [-0.4, -0.2) is 29.9 Å². The number of hydrogen-bond acceptors (Lipinski definition) is 2. The number of hydrogen-bond donors (Lipinski definition) is 1. The summed E-state index contributed by atoms with van der Waals surface area (Å²) >= 11 is 0. The lowest BCUT2D eigenvalue weighted by Crippen LogP contribution is -2.48. The van der Waals surface area contributed by atoms with Gasteiger partial charge in [0, 0.05) is 6.54 Å². The second kappa shape index (κ2) is 6.01. The molecule has 98 valence electrons. The maximum Gasteiger partial charge on any atom is 0.239 e. The van der Waals surface area contributed by atoms with Gasteiger partial charge in [-0.1, -0.05) is 30.3 Å². The molecule has 1 aromatic carbocycles. The Morgan fingerprint density at radius 2 is 2.00 bits per heavy atom. The summed E-state index contributed by atoms with van der Waals surface area (Å²) in [6, 6.07) is 10.3. The van der Waals surface area contributed by atoms with Crippen LogP contribution >= 0.6 is 0 Å². The van der Waals surface area contributed by atoms with E-state index in [9.17, 15) is 4.79 Å². The van der Waals surface area contributed by atoms with Crippen molar-refractivity contribution in [1.29, 1.82) is 0 Å². The Morgan fingerprint density at radius 1 is 1.28 bits per heavy atom. The van der Waals surface area contributed by atoms with Crippen LogP contribution in [0.4, 0.5) is 0 Å². The van der Waals surface area contributed by atoms with Crippen LogP contribution in [0.15, 0.2) is 30.3 Å². The van der Waals surface area contributed by atoms with E-state index in [2.05, 4.69) is 24.4 Å². The van der Waals surface area contributed by atoms with Gasteiger partial charge in [0.1, 0.15) is 0 Å². The van der Waals surface area contributed by atoms with Crippen molar-refractivity contribution in [3.63, 3.8) is 0 Å². The fourth-order valence-corrected chi connectivity index (χ4v) is 2.47. The van der Waals surface area contributed by atoms with Crippen molar-refractivity contribution in [1.82, 2.24) is 10.2 Å². The van der Waals surface area contributed by atoms with Crippen molar-refractivity contribution in [3.05, 3.63) is 35.9 Å². The van der Waals surface area contributed by atoms with Gasteiger partial charge in [0.15, 0.2) is 0 Å². The normalized spacial score (nSPS) is 23.3. The van der Waals surface area contributed by atoms with E-state index in [0.717, 1.165) is 25.9 Å². The summed E-state index contributed by atoms with van der Waals surface area (Å²) in [5.41, 5.74) is 1.21. The molecule has 0 saturated carbocycles. The Kier molecular flexibility index (Phi) is 4.37. The van der Waals surface area contributed by atoms with Gasteiger partial charge in [-0.25, -0.2) is 0 Å². The summed E-state index contributed by atoms with van der Waals surface area (Å²) in [5, 5.41) is 3.28. The first-order valence-corrected chi connectivity index (χ1v) is 6.79. The first-order chi connectivity index (χ1) is 8.70. The van der Waals surface area contributed by atoms with Gasteiger partial charge < -0.3 is 10.2 Å². The monoisotopic (exact) mass is 246 g/mol. The summed E-state index contributed by atoms with van der Waals surface area (Å²) < 4.78 is 0. The third-order valence-corrected chi connectivity index (χ3v) is 3.68. The van der Waals surface area contributed by atoms with E-state index in [0.29, 0.717) is 0 Å². The summed E-state index contributed by atoms with van der Waals surface area (Å²) in [6.07, 6.45) is 2.21. The lowest BCUT2D eigenvalue weighted by atomic mass is 10.0. The lowest BCUT2D eigenvalue weighted by Gasteiger charge is -2.34. The predicted molar refractivity (Wildman–Crippen MR) is 73.3 cm³/mol. The van der Waals surface area contributed by atoms with E-state index in [1.165, 1.54) is 5.56 Å². The Morgan fingerprint density at radius 3 is 2.72 bits per heavy atom. The maximum atomic E-state index is 12.4. The van der Waals surface area contributed by atoms with Crippen molar-refractivity contribution < 1.29 is 4.79 Å². The average molecular weight is 246 g/mol. The van der Waals surface area contributed by atoms with Crippen molar-refractivity contribution in [2.75, 3.05) is 13.1 Å². The molecule has 1 amide bonds. The zero-order chi connectivity index (χ0) is 13.0. The van der Waals surface area contributed by atoms with E-state index >= 15 is 0 Å². The molecular formula is C15H22N2O. The molecule has 18 heavy (non-hydrogen) atoms. The molecule has 0 radical (unpaired) electrons. The highest BCUT2D eigenvalue weighted by Gasteiger charge is 2.26. The van der Waals surface area contributed by atoms with Crippen LogP contribution in [0.1, 0.15) is 38.3 Å². The third-order valence-electron chi connectivity index (χ3n) is 3.68. The number of benzene rings is 1. The smallest absolute Gasteiger partial charge is 0.239 e. The van der Waals surface area contributed by atoms with Gasteiger partial charge in [-0.05, 0) is 38.8 Å². The highest BCUT2D eigenvalue weighted by Crippen LogP contribution is 2.22. The van der Waals surface area contributed by atoms with Gasteiger partial charge in [0.25, 0.3) is 0 Å². The number of nitrogens with one attached hydrogen (secondary N) is 1. The van der Waals surface area contributed by atoms with Gasteiger partial charge in [0.05, 0.1) is 12.1 Å². The van der Waals surface area contributed by atoms with E-state index in [1.807, 2.05) is 30.0 Å². The zero-order valence-electron chi connectivity index (χ0n) is 11.2. The summed E-state index contributed by atoms with van der Waals surface area (Å²) in [4.78, 5) is 14.4. The molecule has 1 aliphatic rings. The highest BCUT2D eigenvalue weighted by atomic mass is 16.2. The van der Waals surface area contributed by atoms with E-state index < -0.39 is 0 Å². The van der Waals surface area contributed by atoms with Gasteiger partial charge in [0.2, 0.25) is 5.91 Å². The molecule has 3 nitrogen and oxygen atoms in total. The SMILES string of the molecule is CC1NCCCCN(C(C)c2ccccc2)C1=O. The summed E-state index contributed by atoms with van der Waals surface area (Å²) in [5.74, 6) is 0.214. The molecule has 1 N–H and O–H groups in total. The predicted octanol–water partition coefficient (Wildman–Crippen LogP) is 2.35. The Labute approximate surface area is 109 Å². The lowest BCUT2D eigenvalue weighted by molar-refractivity contribution is -0.135. The van der Waals surface area contributed by atoms with Crippen molar-refractivity contribution in [3.8, 4) is 0 Å². The number of nitrogens with zero attached hydrogens (tertiary/aromatic N) is 1. The Bertz CT molecular complexity index is 391. The molecule has 1 heterocycles. The first kappa shape index (κ1) is 13.1. The maximum absolute atomic E-state index is 12.4. The second-order valence-electron chi connectivity index (χ2n) is 5.00. The molecule has 0 bridgehead atoms. The van der Waals surface area contributed by atoms with E-state index in [4.69, 9.17) is 0 Å². The molecular weight excluding hydrogens is 224 g/mol. The molecule has 1 aromatic rings. The molecule has 0 spiro atoms. The fraction of sp³-hybridized carbons (Fsp3) is 0.533. The van der Waals surface area contributed by atoms with Crippen LogP contribution in [-0.2, 0) is 4.79 Å². The van der Waals surface area contributed by atoms with Crippen LogP contribution in [0.3, 0.4) is 0 Å². The minimum atomic E-state index is -0.0727. The molecule has 1 saturated heterocycles. The van der Waals surface area contributed by atoms with Gasteiger partial charge >= 0.3 is 0 Å². The van der Waals surface area contributed by atoms with Crippen LogP contribution < -0.4 is 5.32 Å². The number of rotatable bonds is 2. The molecule has 2 unspecified atom stereocenters. The van der Waals surface area contributed by atoms with Crippen LogP contribution in [0.5, 0.6) is 0 Å². The van der Waals surface area contributed by atoms with Gasteiger partial charge in [-0.3, -0.25) is 4.79 Å². The third kappa shape index (κ3) is 2.91. The topological polar surface area (TPSA) is 32.3 Å². The standard InChI is InChI=1S/C15H22N2O/c1-12-15(18)17(11-7-6-10-16-12)13(2)14-8-4-3-5-9-14/h3-5,8-9,12-13,16H,6-7,10-11H2,1-2H3. The Balaban J connectivity index is 2.16. The minimum absolute atomic E-state index is 0.0727. The number of carbonyl (C=O) groups excluding carboxylic acids is 1. The van der Waals surface area contributed by atoms with Crippen molar-refractivity contribution in [2.45, 2.75) is 38.8 Å². The second-order valence-corrected chi connectivity index (χ2v) is 5.00. The molecule has 1 fully saturated rings. The molecule has 0 aliphatic carbocycles. The zero-order valence-corrected chi connectivity index (χ0v) is 11.2. The van der Waals surface area contributed by atoms with Crippen LogP contribution in [0.25, 0.3) is 0 Å². The van der Waals surface area contributed by atoms with Crippen LogP contribution in [0.2, 0.25) is 0 Å². The van der Waals surface area contributed by atoms with Crippen molar-refractivity contribution >= 4 is 5.91 Å². The average Bonchev–Trinajstić information content (AvgIpc) is 2.40. The fourth-order valence-electron chi connectivity index (χ4n) is 2.47. The molecule has 2 rings (SSSR count). The summed E-state index contributed by atoms with van der Waals surface area (Å²) in [7, 11) is 0. The Hall–Kier alpha value is -1.35. The van der Waals surface area contributed by atoms with Gasteiger partial charge in [-0.2, -0.15) is 0 Å². The van der Waals surface area contributed by atoms with Gasteiger partial charge in [-0.15, -0.1) is 0 Å². The van der Waals surface area contributed by atoms with E-state index in [-0.39, 0.29) is 18.0 Å². The largest absolute Gasteiger partial charge is 0.335 e. The van der Waals surface area contributed by atoms with E-state index in [1.54, 1.807) is 0 Å². The summed E-state index contributed by atoms with van der Waals surface area (Å²) in [6.45, 7) is 5.88. The van der Waals surface area contributed by atoms with Crippen LogP contribution in [0, 0.1) is 0 Å². The molecule has 0 aromatic heterocycles. The quantitative estimate of drug-likeness (QED) is 0.868. The molecule has 3 heteroatoms. The number of carbonyl (C=O) groups is 1. The first-order valence-electron chi connectivity index (χ1n) is 6.79. The molecule has 1 aliphatic heterocycles. The minimum Gasteiger partial charge on any atom is -0.335 e.